The molecular formula is C16H15FN2O5. The maximum Gasteiger partial charge on any atom is 0.279 e. The second-order valence-electron chi connectivity index (χ2n) is 5.26. The molecule has 0 saturated heterocycles. The second-order valence-corrected chi connectivity index (χ2v) is 5.26. The minimum Gasteiger partial charge on any atom is -0.466 e. The van der Waals surface area contributed by atoms with Gasteiger partial charge in [0.15, 0.2) is 0 Å². The summed E-state index contributed by atoms with van der Waals surface area (Å²) in [6, 6.07) is 6.23. The Balaban J connectivity index is 2.02. The largest absolute Gasteiger partial charge is 0.466 e. The molecule has 0 aliphatic heterocycles. The topological polar surface area (TPSA) is 106 Å². The Bertz CT molecular complexity index is 769. The van der Waals surface area contributed by atoms with Crippen molar-refractivity contribution in [1.29, 1.82) is 0 Å². The Labute approximate surface area is 136 Å². The maximum absolute atomic E-state index is 13.0. The van der Waals surface area contributed by atoms with Crippen LogP contribution in [0.25, 0.3) is 6.08 Å². The number of nitro groups is 1. The molecule has 2 aromatic rings. The number of furan rings is 1. The lowest BCUT2D eigenvalue weighted by Crippen LogP contribution is -2.37. The molecule has 0 fully saturated rings. The van der Waals surface area contributed by atoms with E-state index < -0.39 is 27.9 Å². The normalized spacial score (nSPS) is 13.6. The fourth-order valence-electron chi connectivity index (χ4n) is 1.97. The van der Waals surface area contributed by atoms with Crippen LogP contribution >= 0.6 is 0 Å². The van der Waals surface area contributed by atoms with E-state index in [1.165, 1.54) is 25.3 Å². The van der Waals surface area contributed by atoms with E-state index >= 15 is 0 Å². The molecule has 24 heavy (non-hydrogen) atoms. The number of nitrogens with zero attached hydrogens (tertiary/aromatic N) is 1. The van der Waals surface area contributed by atoms with E-state index in [-0.39, 0.29) is 12.1 Å². The maximum atomic E-state index is 13.0. The van der Waals surface area contributed by atoms with Gasteiger partial charge in [0.2, 0.25) is 5.91 Å². The molecule has 0 radical (unpaired) electrons. The van der Waals surface area contributed by atoms with Gasteiger partial charge in [0, 0.05) is 6.08 Å². The highest BCUT2D eigenvalue weighted by atomic mass is 19.1. The van der Waals surface area contributed by atoms with E-state index in [9.17, 15) is 24.4 Å². The van der Waals surface area contributed by atoms with Crippen LogP contribution in [0.4, 0.5) is 10.1 Å². The van der Waals surface area contributed by atoms with Gasteiger partial charge < -0.3 is 14.8 Å². The number of halogens is 1. The number of hydrogen-bond donors (Lipinski definition) is 2. The fraction of sp³-hybridized carbons (Fsp3) is 0.188. The number of hydrogen-bond acceptors (Lipinski definition) is 5. The lowest BCUT2D eigenvalue weighted by Gasteiger charge is -2.20. The van der Waals surface area contributed by atoms with E-state index in [1.54, 1.807) is 12.1 Å². The van der Waals surface area contributed by atoms with Gasteiger partial charge in [-0.3, -0.25) is 14.9 Å². The highest BCUT2D eigenvalue weighted by Gasteiger charge is 2.26. The summed E-state index contributed by atoms with van der Waals surface area (Å²) in [6.07, 6.45) is 3.67. The average Bonchev–Trinajstić information content (AvgIpc) is 3.07. The number of carbonyl (C=O) groups is 1. The van der Waals surface area contributed by atoms with Gasteiger partial charge in [-0.05, 0) is 37.3 Å². The van der Waals surface area contributed by atoms with Gasteiger partial charge in [-0.15, -0.1) is 0 Å². The Hall–Kier alpha value is -3.00. The molecule has 0 spiro atoms. The predicted octanol–water partition coefficient (Wildman–Crippen LogP) is 2.36. The first-order valence-electron chi connectivity index (χ1n) is 6.96. The van der Waals surface area contributed by atoms with Gasteiger partial charge in [0.25, 0.3) is 5.69 Å². The molecule has 1 aromatic carbocycles. The zero-order valence-corrected chi connectivity index (χ0v) is 12.7. The Morgan fingerprint density at radius 3 is 2.88 bits per heavy atom. The van der Waals surface area contributed by atoms with Gasteiger partial charge in [-0.1, -0.05) is 0 Å². The number of nitrogens with one attached hydrogen (secondary N) is 1. The molecule has 0 saturated carbocycles. The van der Waals surface area contributed by atoms with Gasteiger partial charge in [-0.2, -0.15) is 0 Å². The molecule has 1 unspecified atom stereocenters. The Morgan fingerprint density at radius 1 is 1.50 bits per heavy atom. The van der Waals surface area contributed by atoms with Crippen molar-refractivity contribution in [2.24, 2.45) is 0 Å². The van der Waals surface area contributed by atoms with Crippen molar-refractivity contribution in [3.8, 4) is 0 Å². The minimum atomic E-state index is -1.39. The molecule has 0 bridgehead atoms. The van der Waals surface area contributed by atoms with Crippen LogP contribution in [0.2, 0.25) is 0 Å². The van der Waals surface area contributed by atoms with Crippen molar-refractivity contribution >= 4 is 17.7 Å². The van der Waals surface area contributed by atoms with Crippen molar-refractivity contribution < 1.29 is 23.6 Å². The average molecular weight is 334 g/mol. The van der Waals surface area contributed by atoms with Crippen molar-refractivity contribution in [3.05, 3.63) is 69.9 Å². The molecule has 1 amide bonds. The summed E-state index contributed by atoms with van der Waals surface area (Å²) in [5.74, 6) is -1.01. The van der Waals surface area contributed by atoms with E-state index in [4.69, 9.17) is 4.42 Å². The van der Waals surface area contributed by atoms with E-state index in [0.29, 0.717) is 5.76 Å². The van der Waals surface area contributed by atoms with Gasteiger partial charge in [-0.25, -0.2) is 4.39 Å². The quantitative estimate of drug-likeness (QED) is 0.479. The molecule has 1 atom stereocenters. The lowest BCUT2D eigenvalue weighted by atomic mass is 10.0. The molecule has 0 aliphatic rings. The van der Waals surface area contributed by atoms with Gasteiger partial charge in [0.05, 0.1) is 29.4 Å². The van der Waals surface area contributed by atoms with Crippen molar-refractivity contribution in [2.45, 2.75) is 12.5 Å². The number of carbonyl (C=O) groups excluding carboxylic acids is 1. The first-order chi connectivity index (χ1) is 11.3. The summed E-state index contributed by atoms with van der Waals surface area (Å²) in [5.41, 5.74) is -1.74. The van der Waals surface area contributed by atoms with Gasteiger partial charge in [0.1, 0.15) is 17.2 Å². The van der Waals surface area contributed by atoms with Crippen LogP contribution in [-0.4, -0.2) is 22.5 Å². The van der Waals surface area contributed by atoms with Crippen LogP contribution in [0, 0.1) is 15.9 Å². The van der Waals surface area contributed by atoms with Crippen LogP contribution in [0.3, 0.4) is 0 Å². The third kappa shape index (κ3) is 4.26. The van der Waals surface area contributed by atoms with Crippen molar-refractivity contribution in [2.75, 3.05) is 6.54 Å². The van der Waals surface area contributed by atoms with E-state index in [0.717, 1.165) is 18.2 Å². The molecule has 126 valence electrons. The third-order valence-electron chi connectivity index (χ3n) is 3.26. The summed E-state index contributed by atoms with van der Waals surface area (Å²) in [6.45, 7) is 1.36. The Kier molecular flexibility index (Phi) is 5.10. The van der Waals surface area contributed by atoms with Crippen LogP contribution in [-0.2, 0) is 10.4 Å². The smallest absolute Gasteiger partial charge is 0.279 e. The SMILES string of the molecule is CC(O)(CNC(=O)/C=C/c1ccc(F)cc1[N+](=O)[O-])c1ccco1. The second kappa shape index (κ2) is 7.05. The summed E-state index contributed by atoms with van der Waals surface area (Å²) in [4.78, 5) is 21.9. The zero-order chi connectivity index (χ0) is 17.7. The number of amides is 1. The highest BCUT2D eigenvalue weighted by Crippen LogP contribution is 2.21. The zero-order valence-electron chi connectivity index (χ0n) is 12.7. The fourth-order valence-corrected chi connectivity index (χ4v) is 1.97. The third-order valence-corrected chi connectivity index (χ3v) is 3.26. The van der Waals surface area contributed by atoms with Crippen LogP contribution in [0.5, 0.6) is 0 Å². The molecule has 1 heterocycles. The summed E-state index contributed by atoms with van der Waals surface area (Å²) >= 11 is 0. The number of nitro benzene ring substituents is 1. The van der Waals surface area contributed by atoms with Crippen LogP contribution < -0.4 is 5.32 Å². The predicted molar refractivity (Wildman–Crippen MR) is 83.4 cm³/mol. The molecule has 2 rings (SSSR count). The molecule has 1 aromatic heterocycles. The van der Waals surface area contributed by atoms with E-state index in [2.05, 4.69) is 5.32 Å². The number of benzene rings is 1. The molecule has 7 nitrogen and oxygen atoms in total. The van der Waals surface area contributed by atoms with E-state index in [1.807, 2.05) is 0 Å². The van der Waals surface area contributed by atoms with Crippen molar-refractivity contribution in [3.63, 3.8) is 0 Å². The standard InChI is InChI=1S/C16H15FN2O5/c1-16(21,14-3-2-8-24-14)10-18-15(20)7-5-11-4-6-12(17)9-13(11)19(22)23/h2-9,21H,10H2,1H3,(H,18,20)/b7-5+. The molecular weight excluding hydrogens is 319 g/mol. The van der Waals surface area contributed by atoms with Gasteiger partial charge >= 0.3 is 0 Å². The highest BCUT2D eigenvalue weighted by molar-refractivity contribution is 5.92. The summed E-state index contributed by atoms with van der Waals surface area (Å²) in [5, 5.41) is 23.5. The minimum absolute atomic E-state index is 0.0920. The first kappa shape index (κ1) is 17.4. The Morgan fingerprint density at radius 2 is 2.25 bits per heavy atom. The summed E-state index contributed by atoms with van der Waals surface area (Å²) in [7, 11) is 0. The number of rotatable bonds is 6. The molecule has 2 N–H and O–H groups in total. The number of aliphatic hydroxyl groups is 1. The van der Waals surface area contributed by atoms with Crippen molar-refractivity contribution in [1.82, 2.24) is 5.32 Å². The monoisotopic (exact) mass is 334 g/mol. The first-order valence-corrected chi connectivity index (χ1v) is 6.96. The molecule has 8 heteroatoms. The lowest BCUT2D eigenvalue weighted by molar-refractivity contribution is -0.385. The van der Waals surface area contributed by atoms with Crippen LogP contribution in [0.1, 0.15) is 18.2 Å². The van der Waals surface area contributed by atoms with Crippen LogP contribution in [0.15, 0.2) is 47.1 Å². The summed E-state index contributed by atoms with van der Waals surface area (Å²) < 4.78 is 18.1. The molecule has 0 aliphatic carbocycles.